The van der Waals surface area contributed by atoms with Crippen molar-refractivity contribution in [3.8, 4) is 0 Å². The lowest BCUT2D eigenvalue weighted by Gasteiger charge is -2.28. The second kappa shape index (κ2) is 7.13. The Morgan fingerprint density at radius 2 is 1.72 bits per heavy atom. The Balaban J connectivity index is 1.77. The third kappa shape index (κ3) is 3.98. The molecule has 3 heteroatoms. The summed E-state index contributed by atoms with van der Waals surface area (Å²) in [6.45, 7) is 3.19. The van der Waals surface area contributed by atoms with Gasteiger partial charge in [-0.15, -0.1) is 0 Å². The van der Waals surface area contributed by atoms with Crippen LogP contribution in [0, 0.1) is 5.92 Å². The van der Waals surface area contributed by atoms with E-state index in [1.807, 2.05) is 0 Å². The fourth-order valence-corrected chi connectivity index (χ4v) is 3.33. The Bertz CT molecular complexity index is 253. The van der Waals surface area contributed by atoms with Crippen molar-refractivity contribution in [1.82, 2.24) is 10.6 Å². The number of hydrogen-bond donors (Lipinski definition) is 2. The molecule has 0 radical (unpaired) electrons. The van der Waals surface area contributed by atoms with Crippen LogP contribution < -0.4 is 10.6 Å². The Kier molecular flexibility index (Phi) is 5.48. The molecule has 2 N–H and O–H groups in total. The first-order valence-corrected chi connectivity index (χ1v) is 7.81. The van der Waals surface area contributed by atoms with Crippen molar-refractivity contribution in [3.63, 3.8) is 0 Å². The van der Waals surface area contributed by atoms with Crippen LogP contribution >= 0.6 is 0 Å². The molecule has 2 atom stereocenters. The third-order valence-electron chi connectivity index (χ3n) is 4.60. The van der Waals surface area contributed by atoms with E-state index >= 15 is 0 Å². The molecule has 0 bridgehead atoms. The van der Waals surface area contributed by atoms with Crippen molar-refractivity contribution in [1.29, 1.82) is 0 Å². The second-order valence-electron chi connectivity index (χ2n) is 6.05. The first-order chi connectivity index (χ1) is 8.77. The van der Waals surface area contributed by atoms with Crippen LogP contribution in [-0.4, -0.2) is 24.5 Å². The van der Waals surface area contributed by atoms with Crippen LogP contribution in [0.2, 0.25) is 0 Å². The van der Waals surface area contributed by atoms with Gasteiger partial charge in [0.05, 0.1) is 6.04 Å². The smallest absolute Gasteiger partial charge is 0.237 e. The molecule has 2 rings (SSSR count). The number of rotatable bonds is 3. The van der Waals surface area contributed by atoms with Gasteiger partial charge in [-0.25, -0.2) is 0 Å². The van der Waals surface area contributed by atoms with E-state index in [2.05, 4.69) is 17.6 Å². The van der Waals surface area contributed by atoms with E-state index in [9.17, 15) is 4.79 Å². The zero-order valence-corrected chi connectivity index (χ0v) is 11.7. The van der Waals surface area contributed by atoms with E-state index in [0.717, 1.165) is 13.0 Å². The largest absolute Gasteiger partial charge is 0.352 e. The topological polar surface area (TPSA) is 41.1 Å². The summed E-state index contributed by atoms with van der Waals surface area (Å²) >= 11 is 0. The van der Waals surface area contributed by atoms with E-state index < -0.39 is 0 Å². The summed E-state index contributed by atoms with van der Waals surface area (Å²) < 4.78 is 0. The normalized spacial score (nSPS) is 28.4. The highest BCUT2D eigenvalue weighted by Crippen LogP contribution is 2.25. The summed E-state index contributed by atoms with van der Waals surface area (Å²) in [5.41, 5.74) is 0. The van der Waals surface area contributed by atoms with Gasteiger partial charge in [0.1, 0.15) is 0 Å². The van der Waals surface area contributed by atoms with Gasteiger partial charge in [0.25, 0.3) is 0 Å². The minimum atomic E-state index is 0.0620. The van der Waals surface area contributed by atoms with E-state index in [1.54, 1.807) is 0 Å². The average Bonchev–Trinajstić information content (AvgIpc) is 2.68. The van der Waals surface area contributed by atoms with Crippen molar-refractivity contribution in [2.24, 2.45) is 5.92 Å². The van der Waals surface area contributed by atoms with Gasteiger partial charge in [-0.05, 0) is 45.1 Å². The number of piperidine rings is 1. The van der Waals surface area contributed by atoms with Crippen LogP contribution in [0.15, 0.2) is 0 Å². The first kappa shape index (κ1) is 13.9. The molecule has 1 aliphatic heterocycles. The van der Waals surface area contributed by atoms with Crippen LogP contribution in [0.25, 0.3) is 0 Å². The number of amides is 1. The van der Waals surface area contributed by atoms with Gasteiger partial charge in [-0.1, -0.05) is 32.1 Å². The standard InChI is InChI=1S/C15H28N2O/c1-12(13-8-4-2-3-5-9-13)17-15(18)14-10-6-7-11-16-14/h12-14,16H,2-11H2,1H3,(H,17,18)/t12-,14?/m1/s1. The average molecular weight is 252 g/mol. The van der Waals surface area contributed by atoms with E-state index in [1.165, 1.54) is 51.4 Å². The molecule has 0 aromatic rings. The maximum absolute atomic E-state index is 12.2. The lowest BCUT2D eigenvalue weighted by molar-refractivity contribution is -0.124. The van der Waals surface area contributed by atoms with E-state index in [-0.39, 0.29) is 11.9 Å². The van der Waals surface area contributed by atoms with Crippen LogP contribution in [0.3, 0.4) is 0 Å². The molecule has 3 nitrogen and oxygen atoms in total. The van der Waals surface area contributed by atoms with Crippen LogP contribution in [0.5, 0.6) is 0 Å². The van der Waals surface area contributed by atoms with E-state index in [4.69, 9.17) is 0 Å². The van der Waals surface area contributed by atoms with Gasteiger partial charge < -0.3 is 10.6 Å². The molecule has 1 heterocycles. The minimum absolute atomic E-state index is 0.0620. The molecule has 0 spiro atoms. The van der Waals surface area contributed by atoms with Gasteiger partial charge >= 0.3 is 0 Å². The van der Waals surface area contributed by atoms with E-state index in [0.29, 0.717) is 12.0 Å². The molecule has 2 fully saturated rings. The van der Waals surface area contributed by atoms with Gasteiger partial charge in [0, 0.05) is 6.04 Å². The summed E-state index contributed by atoms with van der Waals surface area (Å²) in [5, 5.41) is 6.57. The fraction of sp³-hybridized carbons (Fsp3) is 0.933. The fourth-order valence-electron chi connectivity index (χ4n) is 3.33. The number of carbonyl (C=O) groups excluding carboxylic acids is 1. The molecule has 1 aliphatic carbocycles. The summed E-state index contributed by atoms with van der Waals surface area (Å²) in [6.07, 6.45) is 11.4. The van der Waals surface area contributed by atoms with Crippen molar-refractivity contribution in [2.45, 2.75) is 76.8 Å². The van der Waals surface area contributed by atoms with Crippen LogP contribution in [0.1, 0.15) is 64.7 Å². The molecule has 18 heavy (non-hydrogen) atoms. The molecule has 104 valence electrons. The number of carbonyl (C=O) groups is 1. The summed E-state index contributed by atoms with van der Waals surface area (Å²) in [4.78, 5) is 12.2. The highest BCUT2D eigenvalue weighted by molar-refractivity contribution is 5.82. The molecule has 1 saturated heterocycles. The molecule has 0 aromatic carbocycles. The molecule has 0 aromatic heterocycles. The molecule has 1 amide bonds. The Morgan fingerprint density at radius 1 is 1.06 bits per heavy atom. The number of hydrogen-bond acceptors (Lipinski definition) is 2. The lowest BCUT2D eigenvalue weighted by Crippen LogP contribution is -2.50. The Morgan fingerprint density at radius 3 is 2.33 bits per heavy atom. The molecule has 2 aliphatic rings. The summed E-state index contributed by atoms with van der Waals surface area (Å²) in [7, 11) is 0. The van der Waals surface area contributed by atoms with Crippen molar-refractivity contribution in [2.75, 3.05) is 6.54 Å². The minimum Gasteiger partial charge on any atom is -0.352 e. The summed E-state index contributed by atoms with van der Waals surface area (Å²) in [5.74, 6) is 0.923. The van der Waals surface area contributed by atoms with Gasteiger partial charge in [-0.2, -0.15) is 0 Å². The van der Waals surface area contributed by atoms with Crippen molar-refractivity contribution < 1.29 is 4.79 Å². The molecule has 1 saturated carbocycles. The molecule has 1 unspecified atom stereocenters. The summed E-state index contributed by atoms with van der Waals surface area (Å²) in [6, 6.07) is 0.409. The zero-order chi connectivity index (χ0) is 12.8. The molecular formula is C15H28N2O. The highest BCUT2D eigenvalue weighted by Gasteiger charge is 2.25. The van der Waals surface area contributed by atoms with Crippen LogP contribution in [0.4, 0.5) is 0 Å². The maximum Gasteiger partial charge on any atom is 0.237 e. The predicted octanol–water partition coefficient (Wildman–Crippen LogP) is 2.60. The predicted molar refractivity (Wildman–Crippen MR) is 74.4 cm³/mol. The third-order valence-corrected chi connectivity index (χ3v) is 4.60. The second-order valence-corrected chi connectivity index (χ2v) is 6.05. The van der Waals surface area contributed by atoms with Crippen molar-refractivity contribution >= 4 is 5.91 Å². The van der Waals surface area contributed by atoms with Gasteiger partial charge in [-0.3, -0.25) is 4.79 Å². The molecular weight excluding hydrogens is 224 g/mol. The lowest BCUT2D eigenvalue weighted by atomic mass is 9.92. The Labute approximate surface area is 111 Å². The van der Waals surface area contributed by atoms with Gasteiger partial charge in [0.15, 0.2) is 0 Å². The van der Waals surface area contributed by atoms with Crippen molar-refractivity contribution in [3.05, 3.63) is 0 Å². The Hall–Kier alpha value is -0.570. The zero-order valence-electron chi connectivity index (χ0n) is 11.7. The van der Waals surface area contributed by atoms with Crippen LogP contribution in [-0.2, 0) is 4.79 Å². The first-order valence-electron chi connectivity index (χ1n) is 7.81. The maximum atomic E-state index is 12.2. The van der Waals surface area contributed by atoms with Gasteiger partial charge in [0.2, 0.25) is 5.91 Å². The highest BCUT2D eigenvalue weighted by atomic mass is 16.2. The number of nitrogens with one attached hydrogen (secondary N) is 2. The SMILES string of the molecule is C[C@@H](NC(=O)C1CCCCN1)C1CCCCCC1. The quantitative estimate of drug-likeness (QED) is 0.758. The monoisotopic (exact) mass is 252 g/mol.